The third kappa shape index (κ3) is 4.24. The van der Waals surface area contributed by atoms with E-state index < -0.39 is 0 Å². The average Bonchev–Trinajstić information content (AvgIpc) is 3.35. The van der Waals surface area contributed by atoms with Gasteiger partial charge in [-0.05, 0) is 51.8 Å². The Bertz CT molecular complexity index is 758. The van der Waals surface area contributed by atoms with E-state index in [9.17, 15) is 4.79 Å². The van der Waals surface area contributed by atoms with Crippen LogP contribution in [0.15, 0.2) is 28.8 Å². The first-order valence-corrected chi connectivity index (χ1v) is 10.1. The second-order valence-electron chi connectivity index (χ2n) is 6.77. The highest BCUT2D eigenvalue weighted by atomic mass is 32.1. The minimum Gasteiger partial charge on any atom is -0.359 e. The molecule has 1 aliphatic heterocycles. The molecular weight excluding hydrogens is 346 g/mol. The van der Waals surface area contributed by atoms with Gasteiger partial charge in [0.05, 0.1) is 4.88 Å². The molecule has 26 heavy (non-hydrogen) atoms. The number of likely N-dealkylation sites (tertiary alicyclic amines) is 1. The van der Waals surface area contributed by atoms with E-state index in [4.69, 9.17) is 4.52 Å². The van der Waals surface area contributed by atoms with Gasteiger partial charge in [-0.25, -0.2) is 0 Å². The van der Waals surface area contributed by atoms with Gasteiger partial charge in [0.1, 0.15) is 11.4 Å². The smallest absolute Gasteiger partial charge is 0.265 e. The third-order valence-electron chi connectivity index (χ3n) is 4.78. The number of unbranched alkanes of at least 4 members (excludes halogenated alkanes) is 1. The van der Waals surface area contributed by atoms with Crippen molar-refractivity contribution in [1.82, 2.24) is 10.1 Å². The Labute approximate surface area is 159 Å². The number of aromatic nitrogens is 1. The first kappa shape index (κ1) is 18.9. The summed E-state index contributed by atoms with van der Waals surface area (Å²) in [5, 5.41) is 6.81. The minimum atomic E-state index is -0.0944. The Hall–Kier alpha value is -1.92. The molecule has 1 N–H and O–H groups in total. The number of thiophene rings is 1. The molecule has 0 unspecified atom stereocenters. The van der Waals surface area contributed by atoms with Crippen LogP contribution in [0.3, 0.4) is 0 Å². The van der Waals surface area contributed by atoms with Crippen molar-refractivity contribution in [1.29, 1.82) is 0 Å². The van der Waals surface area contributed by atoms with Gasteiger partial charge < -0.3 is 9.84 Å². The first-order chi connectivity index (χ1) is 12.6. The number of carbonyl (C=O) groups excluding carboxylic acids is 1. The van der Waals surface area contributed by atoms with Crippen LogP contribution in [0.25, 0.3) is 0 Å². The number of anilines is 1. The van der Waals surface area contributed by atoms with Gasteiger partial charge >= 0.3 is 0 Å². The Morgan fingerprint density at radius 1 is 1.42 bits per heavy atom. The maximum atomic E-state index is 12.6. The number of rotatable bonds is 7. The van der Waals surface area contributed by atoms with Crippen LogP contribution in [0.5, 0.6) is 0 Å². The summed E-state index contributed by atoms with van der Waals surface area (Å²) in [6.07, 6.45) is 9.25. The molecule has 1 amide bonds. The molecule has 5 nitrogen and oxygen atoms in total. The quantitative estimate of drug-likeness (QED) is 0.686. The fourth-order valence-corrected chi connectivity index (χ4v) is 4.42. The fraction of sp³-hybridized carbons (Fsp3) is 0.500. The van der Waals surface area contributed by atoms with Crippen LogP contribution in [0.4, 0.5) is 5.69 Å². The van der Waals surface area contributed by atoms with Crippen LogP contribution >= 0.6 is 11.3 Å². The molecule has 6 heteroatoms. The lowest BCUT2D eigenvalue weighted by Gasteiger charge is -2.21. The van der Waals surface area contributed by atoms with Crippen molar-refractivity contribution < 1.29 is 9.32 Å². The van der Waals surface area contributed by atoms with Gasteiger partial charge in [-0.15, -0.1) is 11.3 Å². The van der Waals surface area contributed by atoms with E-state index in [1.807, 2.05) is 13.0 Å². The van der Waals surface area contributed by atoms with Gasteiger partial charge in [0.15, 0.2) is 5.76 Å². The lowest BCUT2D eigenvalue weighted by Crippen LogP contribution is -2.22. The summed E-state index contributed by atoms with van der Waals surface area (Å²) >= 11 is 1.59. The highest BCUT2D eigenvalue weighted by Crippen LogP contribution is 2.36. The number of allylic oxidation sites excluding steroid dienone is 1. The topological polar surface area (TPSA) is 58.4 Å². The highest BCUT2D eigenvalue weighted by molar-refractivity contribution is 7.14. The molecule has 0 spiro atoms. The number of aryl methyl sites for hydroxylation is 2. The van der Waals surface area contributed by atoms with E-state index in [1.54, 1.807) is 18.3 Å². The van der Waals surface area contributed by atoms with E-state index in [0.717, 1.165) is 30.8 Å². The van der Waals surface area contributed by atoms with Crippen molar-refractivity contribution in [2.75, 3.05) is 18.4 Å². The predicted octanol–water partition coefficient (Wildman–Crippen LogP) is 5.10. The molecule has 1 saturated heterocycles. The van der Waals surface area contributed by atoms with Crippen LogP contribution in [0.1, 0.15) is 64.7 Å². The monoisotopic (exact) mass is 373 g/mol. The Kier molecular flexibility index (Phi) is 6.27. The second kappa shape index (κ2) is 8.64. The van der Waals surface area contributed by atoms with Gasteiger partial charge in [-0.3, -0.25) is 9.69 Å². The molecule has 3 rings (SSSR count). The summed E-state index contributed by atoms with van der Waals surface area (Å²) in [5.41, 5.74) is 1.38. The van der Waals surface area contributed by atoms with Crippen molar-refractivity contribution in [2.45, 2.75) is 52.5 Å². The summed E-state index contributed by atoms with van der Waals surface area (Å²) in [6, 6.07) is 4.45. The SMILES string of the molecule is CCC/C=C/CN1CCC[C@@H]1c1ccc(C(=O)Nc2c(C)noc2C)s1. The highest BCUT2D eigenvalue weighted by Gasteiger charge is 2.27. The number of carbonyl (C=O) groups is 1. The van der Waals surface area contributed by atoms with Gasteiger partial charge in [0.25, 0.3) is 5.91 Å². The molecular formula is C20H27N3O2S. The molecule has 0 radical (unpaired) electrons. The van der Waals surface area contributed by atoms with Crippen LogP contribution in [0, 0.1) is 13.8 Å². The van der Waals surface area contributed by atoms with Crippen LogP contribution < -0.4 is 5.32 Å². The van der Waals surface area contributed by atoms with Crippen LogP contribution in [0.2, 0.25) is 0 Å². The normalized spacial score (nSPS) is 18.0. The third-order valence-corrected chi connectivity index (χ3v) is 5.96. The van der Waals surface area contributed by atoms with Crippen LogP contribution in [-0.2, 0) is 0 Å². The number of hydrogen-bond acceptors (Lipinski definition) is 5. The number of nitrogens with one attached hydrogen (secondary N) is 1. The largest absolute Gasteiger partial charge is 0.359 e. The molecule has 1 atom stereocenters. The Morgan fingerprint density at radius 3 is 3.00 bits per heavy atom. The van der Waals surface area contributed by atoms with Crippen molar-refractivity contribution in [3.8, 4) is 0 Å². The van der Waals surface area contributed by atoms with Gasteiger partial charge in [-0.2, -0.15) is 0 Å². The predicted molar refractivity (Wildman–Crippen MR) is 106 cm³/mol. The van der Waals surface area contributed by atoms with Gasteiger partial charge in [-0.1, -0.05) is 30.7 Å². The molecule has 1 aliphatic rings. The lowest BCUT2D eigenvalue weighted by atomic mass is 10.2. The number of hydrogen-bond donors (Lipinski definition) is 1. The van der Waals surface area contributed by atoms with Crippen molar-refractivity contribution in [3.63, 3.8) is 0 Å². The van der Waals surface area contributed by atoms with Crippen molar-refractivity contribution >= 4 is 22.9 Å². The zero-order chi connectivity index (χ0) is 18.5. The number of amides is 1. The van der Waals surface area contributed by atoms with Gasteiger partial charge in [0.2, 0.25) is 0 Å². The molecule has 140 valence electrons. The zero-order valence-electron chi connectivity index (χ0n) is 15.7. The molecule has 2 aromatic rings. The van der Waals surface area contributed by atoms with Crippen LogP contribution in [-0.4, -0.2) is 29.1 Å². The molecule has 1 fully saturated rings. The summed E-state index contributed by atoms with van der Waals surface area (Å²) in [6.45, 7) is 7.94. The van der Waals surface area contributed by atoms with E-state index in [-0.39, 0.29) is 5.91 Å². The molecule has 0 aromatic carbocycles. The van der Waals surface area contributed by atoms with Gasteiger partial charge in [0, 0.05) is 17.5 Å². The maximum Gasteiger partial charge on any atom is 0.265 e. The molecule has 0 aliphatic carbocycles. The van der Waals surface area contributed by atoms with Crippen molar-refractivity contribution in [2.24, 2.45) is 0 Å². The standard InChI is InChI=1S/C20H27N3O2S/c1-4-5-6-7-12-23-13-8-9-16(23)17-10-11-18(26-17)20(24)21-19-14(2)22-25-15(19)3/h6-7,10-11,16H,4-5,8-9,12-13H2,1-3H3,(H,21,24)/b7-6+/t16-/m1/s1. The summed E-state index contributed by atoms with van der Waals surface area (Å²) in [4.78, 5) is 17.1. The van der Waals surface area contributed by atoms with E-state index >= 15 is 0 Å². The van der Waals surface area contributed by atoms with E-state index in [0.29, 0.717) is 23.2 Å². The first-order valence-electron chi connectivity index (χ1n) is 9.33. The maximum absolute atomic E-state index is 12.6. The average molecular weight is 374 g/mol. The lowest BCUT2D eigenvalue weighted by molar-refractivity contribution is 0.103. The molecule has 0 bridgehead atoms. The molecule has 2 aromatic heterocycles. The van der Waals surface area contributed by atoms with Crippen molar-refractivity contribution in [3.05, 3.63) is 45.5 Å². The molecule has 3 heterocycles. The fourth-order valence-electron chi connectivity index (χ4n) is 3.35. The Morgan fingerprint density at radius 2 is 2.27 bits per heavy atom. The summed E-state index contributed by atoms with van der Waals surface area (Å²) in [7, 11) is 0. The Balaban J connectivity index is 1.66. The second-order valence-corrected chi connectivity index (χ2v) is 7.88. The van der Waals surface area contributed by atoms with E-state index in [1.165, 1.54) is 17.7 Å². The summed E-state index contributed by atoms with van der Waals surface area (Å²) in [5.74, 6) is 0.538. The minimum absolute atomic E-state index is 0.0944. The zero-order valence-corrected chi connectivity index (χ0v) is 16.6. The molecule has 0 saturated carbocycles. The summed E-state index contributed by atoms with van der Waals surface area (Å²) < 4.78 is 5.11. The number of nitrogens with zero attached hydrogens (tertiary/aromatic N) is 2. The van der Waals surface area contributed by atoms with E-state index in [2.05, 4.69) is 40.5 Å².